The number of alkyl halides is 3. The predicted molar refractivity (Wildman–Crippen MR) is 48.1 cm³/mol. The molecule has 0 aromatic carbocycles. The quantitative estimate of drug-likeness (QED) is 0.712. The molecule has 1 N–H and O–H groups in total. The van der Waals surface area contributed by atoms with Gasteiger partial charge in [0.1, 0.15) is 0 Å². The van der Waals surface area contributed by atoms with Crippen molar-refractivity contribution in [1.82, 2.24) is 5.32 Å². The maximum absolute atomic E-state index is 12.2. The van der Waals surface area contributed by atoms with Crippen molar-refractivity contribution in [2.45, 2.75) is 37.9 Å². The normalized spacial score (nSPS) is 29.5. The maximum atomic E-state index is 12.2. The van der Waals surface area contributed by atoms with E-state index < -0.39 is 12.1 Å². The van der Waals surface area contributed by atoms with Crippen LogP contribution in [-0.4, -0.2) is 19.3 Å². The van der Waals surface area contributed by atoms with Crippen LogP contribution in [0.15, 0.2) is 0 Å². The van der Waals surface area contributed by atoms with E-state index in [0.717, 1.165) is 6.42 Å². The Balaban J connectivity index is 0.00000144. The minimum Gasteiger partial charge on any atom is -0.317 e. The van der Waals surface area contributed by atoms with Gasteiger partial charge in [0.15, 0.2) is 0 Å². The SMILES string of the molecule is CN[C@@H]1CCC[C@H](C(F)(F)F)C1.Cl. The van der Waals surface area contributed by atoms with Crippen molar-refractivity contribution in [2.75, 3.05) is 7.05 Å². The lowest BCUT2D eigenvalue weighted by Gasteiger charge is -2.30. The van der Waals surface area contributed by atoms with E-state index in [1.165, 1.54) is 0 Å². The second-order valence-corrected chi connectivity index (χ2v) is 3.39. The molecule has 0 radical (unpaired) electrons. The van der Waals surface area contributed by atoms with Gasteiger partial charge >= 0.3 is 6.18 Å². The second-order valence-electron chi connectivity index (χ2n) is 3.39. The molecule has 0 bridgehead atoms. The van der Waals surface area contributed by atoms with Crippen molar-refractivity contribution in [3.05, 3.63) is 0 Å². The summed E-state index contributed by atoms with van der Waals surface area (Å²) in [4.78, 5) is 0. The van der Waals surface area contributed by atoms with Crippen LogP contribution in [0.5, 0.6) is 0 Å². The Morgan fingerprint density at radius 1 is 1.23 bits per heavy atom. The van der Waals surface area contributed by atoms with Crippen molar-refractivity contribution < 1.29 is 13.2 Å². The van der Waals surface area contributed by atoms with Crippen LogP contribution in [0.2, 0.25) is 0 Å². The number of rotatable bonds is 1. The van der Waals surface area contributed by atoms with Crippen LogP contribution in [0, 0.1) is 5.92 Å². The fraction of sp³-hybridized carbons (Fsp3) is 1.00. The first-order chi connectivity index (χ1) is 5.54. The molecule has 13 heavy (non-hydrogen) atoms. The summed E-state index contributed by atoms with van der Waals surface area (Å²) in [6.45, 7) is 0. The third-order valence-electron chi connectivity index (χ3n) is 2.55. The smallest absolute Gasteiger partial charge is 0.317 e. The molecule has 0 aromatic rings. The Morgan fingerprint density at radius 2 is 1.85 bits per heavy atom. The minimum absolute atomic E-state index is 0. The number of nitrogens with one attached hydrogen (secondary N) is 1. The molecule has 1 aliphatic rings. The van der Waals surface area contributed by atoms with E-state index in [9.17, 15) is 13.2 Å². The first-order valence-electron chi connectivity index (χ1n) is 4.28. The highest BCUT2D eigenvalue weighted by Crippen LogP contribution is 2.37. The van der Waals surface area contributed by atoms with E-state index in [1.54, 1.807) is 7.05 Å². The first kappa shape index (κ1) is 13.0. The molecule has 1 aliphatic carbocycles. The lowest BCUT2D eigenvalue weighted by molar-refractivity contribution is -0.183. The van der Waals surface area contributed by atoms with E-state index in [4.69, 9.17) is 0 Å². The van der Waals surface area contributed by atoms with Gasteiger partial charge in [-0.2, -0.15) is 13.2 Å². The summed E-state index contributed by atoms with van der Waals surface area (Å²) in [5.41, 5.74) is 0. The second kappa shape index (κ2) is 5.05. The number of hydrogen-bond donors (Lipinski definition) is 1. The zero-order chi connectivity index (χ0) is 9.19. The molecule has 1 saturated carbocycles. The molecule has 2 atom stereocenters. The summed E-state index contributed by atoms with van der Waals surface area (Å²) in [5, 5.41) is 2.91. The van der Waals surface area contributed by atoms with Gasteiger partial charge in [-0.3, -0.25) is 0 Å². The average molecular weight is 218 g/mol. The molecule has 1 rings (SSSR count). The van der Waals surface area contributed by atoms with E-state index in [0.29, 0.717) is 12.8 Å². The highest BCUT2D eigenvalue weighted by Gasteiger charge is 2.41. The molecule has 0 aromatic heterocycles. The first-order valence-corrected chi connectivity index (χ1v) is 4.28. The molecule has 5 heteroatoms. The van der Waals surface area contributed by atoms with Crippen molar-refractivity contribution in [2.24, 2.45) is 5.92 Å². The van der Waals surface area contributed by atoms with Gasteiger partial charge in [-0.1, -0.05) is 6.42 Å². The number of hydrogen-bond acceptors (Lipinski definition) is 1. The van der Waals surface area contributed by atoms with Crippen LogP contribution >= 0.6 is 12.4 Å². The van der Waals surface area contributed by atoms with Gasteiger partial charge in [-0.15, -0.1) is 12.4 Å². The van der Waals surface area contributed by atoms with Crippen LogP contribution in [0.4, 0.5) is 13.2 Å². The number of halogens is 4. The molecule has 0 unspecified atom stereocenters. The topological polar surface area (TPSA) is 12.0 Å². The molecule has 1 nitrogen and oxygen atoms in total. The highest BCUT2D eigenvalue weighted by atomic mass is 35.5. The Labute approximate surface area is 82.5 Å². The Hall–Kier alpha value is 0.0400. The van der Waals surface area contributed by atoms with Crippen LogP contribution in [0.25, 0.3) is 0 Å². The van der Waals surface area contributed by atoms with Gasteiger partial charge < -0.3 is 5.32 Å². The van der Waals surface area contributed by atoms with Gasteiger partial charge in [-0.25, -0.2) is 0 Å². The van der Waals surface area contributed by atoms with E-state index in [2.05, 4.69) is 5.32 Å². The van der Waals surface area contributed by atoms with Crippen LogP contribution < -0.4 is 5.32 Å². The average Bonchev–Trinajstić information content (AvgIpc) is 2.03. The third-order valence-corrected chi connectivity index (χ3v) is 2.55. The Kier molecular flexibility index (Phi) is 5.07. The summed E-state index contributed by atoms with van der Waals surface area (Å²) in [5.74, 6) is -1.08. The minimum atomic E-state index is -3.99. The van der Waals surface area contributed by atoms with Gasteiger partial charge in [0, 0.05) is 6.04 Å². The summed E-state index contributed by atoms with van der Waals surface area (Å²) in [6, 6.07) is 0.0605. The summed E-state index contributed by atoms with van der Waals surface area (Å²) < 4.78 is 36.7. The molecule has 0 amide bonds. The monoisotopic (exact) mass is 217 g/mol. The molecule has 0 heterocycles. The highest BCUT2D eigenvalue weighted by molar-refractivity contribution is 5.85. The zero-order valence-electron chi connectivity index (χ0n) is 7.53. The summed E-state index contributed by atoms with van der Waals surface area (Å²) >= 11 is 0. The largest absolute Gasteiger partial charge is 0.391 e. The van der Waals surface area contributed by atoms with Crippen LogP contribution in [0.1, 0.15) is 25.7 Å². The van der Waals surface area contributed by atoms with Gasteiger partial charge in [-0.05, 0) is 26.3 Å². The summed E-state index contributed by atoms with van der Waals surface area (Å²) in [7, 11) is 1.73. The predicted octanol–water partition coefficient (Wildman–Crippen LogP) is 2.75. The lowest BCUT2D eigenvalue weighted by Crippen LogP contribution is -2.36. The Bertz CT molecular complexity index is 149. The lowest BCUT2D eigenvalue weighted by atomic mass is 9.85. The van der Waals surface area contributed by atoms with Gasteiger partial charge in [0.25, 0.3) is 0 Å². The van der Waals surface area contributed by atoms with Crippen molar-refractivity contribution in [3.63, 3.8) is 0 Å². The molecule has 0 saturated heterocycles. The van der Waals surface area contributed by atoms with Gasteiger partial charge in [0.05, 0.1) is 5.92 Å². The molecular formula is C8H15ClF3N. The fourth-order valence-corrected chi connectivity index (χ4v) is 1.75. The molecular weight excluding hydrogens is 203 g/mol. The third kappa shape index (κ3) is 3.73. The van der Waals surface area contributed by atoms with Crippen LogP contribution in [0.3, 0.4) is 0 Å². The van der Waals surface area contributed by atoms with E-state index in [1.807, 2.05) is 0 Å². The summed E-state index contributed by atoms with van der Waals surface area (Å²) in [6.07, 6.45) is -1.87. The molecule has 80 valence electrons. The van der Waals surface area contributed by atoms with E-state index >= 15 is 0 Å². The standard InChI is InChI=1S/C8H14F3N.ClH/c1-12-7-4-2-3-6(5-7)8(9,10)11;/h6-7,12H,2-5H2,1H3;1H/t6-,7+;/m0./s1. The zero-order valence-corrected chi connectivity index (χ0v) is 8.34. The molecule has 0 spiro atoms. The molecule has 1 fully saturated rings. The van der Waals surface area contributed by atoms with Crippen molar-refractivity contribution in [3.8, 4) is 0 Å². The van der Waals surface area contributed by atoms with Gasteiger partial charge in [0.2, 0.25) is 0 Å². The Morgan fingerprint density at radius 3 is 2.31 bits per heavy atom. The van der Waals surface area contributed by atoms with Crippen molar-refractivity contribution in [1.29, 1.82) is 0 Å². The maximum Gasteiger partial charge on any atom is 0.391 e. The molecule has 0 aliphatic heterocycles. The fourth-order valence-electron chi connectivity index (χ4n) is 1.75. The van der Waals surface area contributed by atoms with E-state index in [-0.39, 0.29) is 24.9 Å². The van der Waals surface area contributed by atoms with Crippen LogP contribution in [-0.2, 0) is 0 Å². The van der Waals surface area contributed by atoms with Crippen molar-refractivity contribution >= 4 is 12.4 Å².